The van der Waals surface area contributed by atoms with E-state index in [1.54, 1.807) is 0 Å². The molecule has 0 spiro atoms. The van der Waals surface area contributed by atoms with Crippen LogP contribution in [0.4, 0.5) is 5.69 Å². The Bertz CT molecular complexity index is 645. The number of nitrogens with two attached hydrogens (primary N) is 1. The van der Waals surface area contributed by atoms with Crippen molar-refractivity contribution in [2.45, 2.75) is 24.2 Å². The number of rotatable bonds is 8. The molecule has 148 valence electrons. The molecule has 0 unspecified atom stereocenters. The van der Waals surface area contributed by atoms with E-state index < -0.39 is 0 Å². The zero-order valence-corrected chi connectivity index (χ0v) is 16.4. The van der Waals surface area contributed by atoms with Crippen molar-refractivity contribution in [1.82, 2.24) is 14.9 Å². The zero-order chi connectivity index (χ0) is 19.1. The van der Waals surface area contributed by atoms with Crippen molar-refractivity contribution in [3.63, 3.8) is 0 Å². The lowest BCUT2D eigenvalue weighted by atomic mass is 9.93. The van der Waals surface area contributed by atoms with E-state index in [0.29, 0.717) is 12.5 Å². The molecule has 5 N–H and O–H groups in total. The quantitative estimate of drug-likeness (QED) is 0.494. The van der Waals surface area contributed by atoms with Gasteiger partial charge >= 0.3 is 0 Å². The molecule has 0 bridgehead atoms. The van der Waals surface area contributed by atoms with Gasteiger partial charge in [-0.25, -0.2) is 0 Å². The molecule has 2 heterocycles. The first-order valence-corrected chi connectivity index (χ1v) is 10.5. The molecule has 3 rings (SSSR count). The van der Waals surface area contributed by atoms with Crippen LogP contribution in [0.2, 0.25) is 0 Å². The number of anilines is 1. The van der Waals surface area contributed by atoms with Crippen LogP contribution in [0.25, 0.3) is 0 Å². The number of piperidine rings is 1. The number of hydrogen-bond acceptors (Lipinski definition) is 6. The van der Waals surface area contributed by atoms with Gasteiger partial charge in [0.05, 0.1) is 12.5 Å². The summed E-state index contributed by atoms with van der Waals surface area (Å²) in [5.41, 5.74) is 6.40. The summed E-state index contributed by atoms with van der Waals surface area (Å²) in [4.78, 5) is 27.3. The molecule has 0 atom stereocenters. The van der Waals surface area contributed by atoms with Crippen molar-refractivity contribution in [1.29, 1.82) is 0 Å². The van der Waals surface area contributed by atoms with Gasteiger partial charge in [-0.1, -0.05) is 6.07 Å². The third kappa shape index (κ3) is 5.93. The fourth-order valence-electron chi connectivity index (χ4n) is 3.36. The van der Waals surface area contributed by atoms with E-state index in [-0.39, 0.29) is 17.7 Å². The summed E-state index contributed by atoms with van der Waals surface area (Å²) in [7, 11) is 0. The van der Waals surface area contributed by atoms with Gasteiger partial charge in [-0.15, -0.1) is 0 Å². The summed E-state index contributed by atoms with van der Waals surface area (Å²) in [6.45, 7) is 4.17. The minimum Gasteiger partial charge on any atom is -0.342 e. The van der Waals surface area contributed by atoms with Gasteiger partial charge in [0.15, 0.2) is 0 Å². The predicted molar refractivity (Wildman–Crippen MR) is 108 cm³/mol. The molecule has 2 aliphatic heterocycles. The van der Waals surface area contributed by atoms with Crippen LogP contribution in [-0.4, -0.2) is 56.0 Å². The highest BCUT2D eigenvalue weighted by molar-refractivity contribution is 7.97. The number of carbonyl (C=O) groups is 2. The number of amides is 2. The molecule has 1 aromatic carbocycles. The first-order valence-electron chi connectivity index (χ1n) is 9.65. The molecule has 2 fully saturated rings. The van der Waals surface area contributed by atoms with E-state index >= 15 is 0 Å². The van der Waals surface area contributed by atoms with Gasteiger partial charge in [0.1, 0.15) is 0 Å². The van der Waals surface area contributed by atoms with Crippen molar-refractivity contribution in [3.05, 3.63) is 24.3 Å². The smallest absolute Gasteiger partial charge is 0.237 e. The molecule has 7 nitrogen and oxygen atoms in total. The number of nitrogens with one attached hydrogen (secondary N) is 3. The van der Waals surface area contributed by atoms with Gasteiger partial charge in [0.2, 0.25) is 11.8 Å². The summed E-state index contributed by atoms with van der Waals surface area (Å²) in [5.74, 6) is 0.911. The van der Waals surface area contributed by atoms with Gasteiger partial charge in [0.25, 0.3) is 0 Å². The second-order valence-corrected chi connectivity index (χ2v) is 8.16. The maximum Gasteiger partial charge on any atom is 0.237 e. The monoisotopic (exact) mass is 391 g/mol. The first-order chi connectivity index (χ1) is 13.2. The SMILES string of the molecule is NCCC1CCN(C(=O)CNSc2cccc(NC(=O)C3CNC3)c2)CC1. The van der Waals surface area contributed by atoms with Crippen LogP contribution >= 0.6 is 11.9 Å². The molecular formula is C19H29N5O2S. The summed E-state index contributed by atoms with van der Waals surface area (Å²) < 4.78 is 3.14. The van der Waals surface area contributed by atoms with Crippen LogP contribution in [0.3, 0.4) is 0 Å². The Hall–Kier alpha value is -1.61. The van der Waals surface area contributed by atoms with E-state index in [9.17, 15) is 9.59 Å². The first kappa shape index (κ1) is 20.1. The molecule has 2 amide bonds. The van der Waals surface area contributed by atoms with Crippen molar-refractivity contribution in [3.8, 4) is 0 Å². The predicted octanol–water partition coefficient (Wildman–Crippen LogP) is 1.03. The highest BCUT2D eigenvalue weighted by atomic mass is 32.2. The molecule has 8 heteroatoms. The Balaban J connectivity index is 1.39. The molecule has 0 aromatic heterocycles. The zero-order valence-electron chi connectivity index (χ0n) is 15.6. The van der Waals surface area contributed by atoms with Crippen molar-refractivity contribution in [2.24, 2.45) is 17.6 Å². The van der Waals surface area contributed by atoms with Crippen molar-refractivity contribution >= 4 is 29.4 Å². The number of carbonyl (C=O) groups excluding carboxylic acids is 2. The maximum absolute atomic E-state index is 12.3. The van der Waals surface area contributed by atoms with Gasteiger partial charge < -0.3 is 21.3 Å². The van der Waals surface area contributed by atoms with Crippen molar-refractivity contribution < 1.29 is 9.59 Å². The molecule has 2 aliphatic rings. The van der Waals surface area contributed by atoms with Crippen LogP contribution in [0, 0.1) is 11.8 Å². The number of likely N-dealkylation sites (tertiary alicyclic amines) is 1. The minimum absolute atomic E-state index is 0.0528. The highest BCUT2D eigenvalue weighted by Crippen LogP contribution is 2.21. The Labute approximate surface area is 164 Å². The number of hydrogen-bond donors (Lipinski definition) is 4. The normalized spacial score (nSPS) is 18.2. The minimum atomic E-state index is 0.0528. The lowest BCUT2D eigenvalue weighted by molar-refractivity contribution is -0.131. The molecule has 0 saturated carbocycles. The molecule has 2 saturated heterocycles. The third-order valence-electron chi connectivity index (χ3n) is 5.21. The lowest BCUT2D eigenvalue weighted by Gasteiger charge is -2.32. The molecule has 1 aromatic rings. The summed E-state index contributed by atoms with van der Waals surface area (Å²) >= 11 is 1.41. The van der Waals surface area contributed by atoms with E-state index in [1.807, 2.05) is 29.2 Å². The van der Waals surface area contributed by atoms with E-state index in [2.05, 4.69) is 15.4 Å². The second kappa shape index (κ2) is 10.1. The fraction of sp³-hybridized carbons (Fsp3) is 0.579. The number of nitrogens with zero attached hydrogens (tertiary/aromatic N) is 1. The fourth-order valence-corrected chi connectivity index (χ4v) is 4.05. The average Bonchev–Trinajstić information content (AvgIpc) is 2.61. The molecule has 0 aliphatic carbocycles. The Morgan fingerprint density at radius 1 is 1.26 bits per heavy atom. The third-order valence-corrected chi connectivity index (χ3v) is 5.99. The van der Waals surface area contributed by atoms with Gasteiger partial charge in [-0.3, -0.25) is 14.3 Å². The largest absolute Gasteiger partial charge is 0.342 e. The van der Waals surface area contributed by atoms with Crippen molar-refractivity contribution in [2.75, 3.05) is 44.6 Å². The van der Waals surface area contributed by atoms with E-state index in [1.165, 1.54) is 11.9 Å². The molecule has 0 radical (unpaired) electrons. The Kier molecular flexibility index (Phi) is 7.51. The average molecular weight is 392 g/mol. The highest BCUT2D eigenvalue weighted by Gasteiger charge is 2.25. The summed E-state index contributed by atoms with van der Waals surface area (Å²) in [5, 5.41) is 6.04. The summed E-state index contributed by atoms with van der Waals surface area (Å²) in [6, 6.07) is 7.67. The summed E-state index contributed by atoms with van der Waals surface area (Å²) in [6.07, 6.45) is 3.16. The number of benzene rings is 1. The van der Waals surface area contributed by atoms with Crippen LogP contribution in [0.15, 0.2) is 29.2 Å². The van der Waals surface area contributed by atoms with Gasteiger partial charge in [-0.05, 0) is 61.9 Å². The Morgan fingerprint density at radius 2 is 2.04 bits per heavy atom. The molecular weight excluding hydrogens is 362 g/mol. The van der Waals surface area contributed by atoms with Crippen LogP contribution < -0.4 is 21.1 Å². The van der Waals surface area contributed by atoms with Crippen LogP contribution in [-0.2, 0) is 9.59 Å². The Morgan fingerprint density at radius 3 is 2.70 bits per heavy atom. The van der Waals surface area contributed by atoms with Crippen LogP contribution in [0.5, 0.6) is 0 Å². The van der Waals surface area contributed by atoms with Gasteiger partial charge in [0, 0.05) is 36.8 Å². The van der Waals surface area contributed by atoms with E-state index in [0.717, 1.165) is 62.6 Å². The maximum atomic E-state index is 12.3. The second-order valence-electron chi connectivity index (χ2n) is 7.20. The standard InChI is InChI=1S/C19H29N5O2S/c20-7-4-14-5-8-24(9-6-14)18(25)13-22-27-17-3-1-2-16(10-17)23-19(26)15-11-21-12-15/h1-3,10,14-15,21-22H,4-9,11-13,20H2,(H,23,26). The lowest BCUT2D eigenvalue weighted by Crippen LogP contribution is -2.48. The molecule has 27 heavy (non-hydrogen) atoms. The van der Waals surface area contributed by atoms with Crippen LogP contribution in [0.1, 0.15) is 19.3 Å². The van der Waals surface area contributed by atoms with Gasteiger partial charge in [-0.2, -0.15) is 0 Å². The van der Waals surface area contributed by atoms with E-state index in [4.69, 9.17) is 5.73 Å². The topological polar surface area (TPSA) is 99.5 Å².